The predicted octanol–water partition coefficient (Wildman–Crippen LogP) is 4.26. The first-order valence-electron chi connectivity index (χ1n) is 11.9. The van der Waals surface area contributed by atoms with Gasteiger partial charge in [-0.3, -0.25) is 4.98 Å². The van der Waals surface area contributed by atoms with Crippen molar-refractivity contribution >= 4 is 10.9 Å². The highest BCUT2D eigenvalue weighted by atomic mass is 16.4. The summed E-state index contributed by atoms with van der Waals surface area (Å²) < 4.78 is 4.86. The lowest BCUT2D eigenvalue weighted by molar-refractivity contribution is 0.323. The second kappa shape index (κ2) is 9.81. The van der Waals surface area contributed by atoms with Crippen LogP contribution in [0.3, 0.4) is 0 Å². The van der Waals surface area contributed by atoms with E-state index in [1.54, 1.807) is 0 Å². The molecule has 1 fully saturated rings. The van der Waals surface area contributed by atoms with Crippen molar-refractivity contribution < 1.29 is 4.42 Å². The van der Waals surface area contributed by atoms with E-state index in [9.17, 15) is 4.79 Å². The quantitative estimate of drug-likeness (QED) is 0.361. The van der Waals surface area contributed by atoms with E-state index in [0.717, 1.165) is 37.3 Å². The summed E-state index contributed by atoms with van der Waals surface area (Å²) in [5, 5.41) is 4.99. The third kappa shape index (κ3) is 5.29. The van der Waals surface area contributed by atoms with Crippen LogP contribution in [0, 0.1) is 5.92 Å². The Morgan fingerprint density at radius 3 is 2.91 bits per heavy atom. The predicted molar refractivity (Wildman–Crippen MR) is 132 cm³/mol. The first kappa shape index (κ1) is 21.7. The molecule has 5 rings (SSSR count). The molecule has 2 atom stereocenters. The van der Waals surface area contributed by atoms with Crippen molar-refractivity contribution in [2.24, 2.45) is 5.92 Å². The minimum Gasteiger partial charge on any atom is -0.416 e. The van der Waals surface area contributed by atoms with Gasteiger partial charge in [-0.1, -0.05) is 36.4 Å². The van der Waals surface area contributed by atoms with E-state index in [0.29, 0.717) is 18.4 Å². The van der Waals surface area contributed by atoms with Crippen LogP contribution in [0.25, 0.3) is 10.9 Å². The maximum Gasteiger partial charge on any atom is 0.416 e. The summed E-state index contributed by atoms with van der Waals surface area (Å²) >= 11 is 0. The summed E-state index contributed by atoms with van der Waals surface area (Å²) in [6, 6.07) is 17.5. The van der Waals surface area contributed by atoms with Crippen LogP contribution in [-0.4, -0.2) is 41.0 Å². The van der Waals surface area contributed by atoms with Gasteiger partial charge in [0.2, 0.25) is 0 Å². The van der Waals surface area contributed by atoms with Crippen LogP contribution < -0.4 is 11.1 Å². The highest BCUT2D eigenvalue weighted by Gasteiger charge is 2.22. The van der Waals surface area contributed by atoms with Gasteiger partial charge in [0.1, 0.15) is 6.26 Å². The van der Waals surface area contributed by atoms with Gasteiger partial charge in [-0.15, -0.1) is 0 Å². The van der Waals surface area contributed by atoms with E-state index in [2.05, 4.69) is 81.8 Å². The van der Waals surface area contributed by atoms with E-state index in [4.69, 9.17) is 4.42 Å². The molecule has 0 amide bonds. The van der Waals surface area contributed by atoms with Gasteiger partial charge in [0.15, 0.2) is 0 Å². The lowest BCUT2D eigenvalue weighted by Crippen LogP contribution is -2.29. The average molecular weight is 445 g/mol. The molecule has 0 aliphatic carbocycles. The van der Waals surface area contributed by atoms with Crippen molar-refractivity contribution in [2.75, 3.05) is 26.2 Å². The fourth-order valence-corrected chi connectivity index (χ4v) is 4.93. The molecular formula is C27H32N4O2. The molecule has 1 saturated heterocycles. The van der Waals surface area contributed by atoms with Crippen molar-refractivity contribution in [1.29, 1.82) is 0 Å². The summed E-state index contributed by atoms with van der Waals surface area (Å²) in [5.74, 6) is 0.310. The summed E-state index contributed by atoms with van der Waals surface area (Å²) in [6.07, 6.45) is 6.60. The lowest BCUT2D eigenvalue weighted by atomic mass is 10.0. The SMILES string of the molecule is CC(NCC1CCN(CCc2c[nH]c3ccc(Cc4coc(=O)[nH]4)cc23)C1)c1ccccc1. The molecule has 172 valence electrons. The molecule has 2 unspecified atom stereocenters. The Kier molecular flexibility index (Phi) is 6.46. The Morgan fingerprint density at radius 1 is 1.21 bits per heavy atom. The van der Waals surface area contributed by atoms with Gasteiger partial charge in [-0.2, -0.15) is 0 Å². The molecule has 0 radical (unpaired) electrons. The summed E-state index contributed by atoms with van der Waals surface area (Å²) in [6.45, 7) is 6.73. The molecule has 33 heavy (non-hydrogen) atoms. The van der Waals surface area contributed by atoms with Crippen molar-refractivity contribution in [2.45, 2.75) is 32.2 Å². The fraction of sp³-hybridized carbons (Fsp3) is 0.370. The van der Waals surface area contributed by atoms with Crippen LogP contribution in [0.5, 0.6) is 0 Å². The molecule has 6 nitrogen and oxygen atoms in total. The molecule has 2 aromatic heterocycles. The number of hydrogen-bond donors (Lipinski definition) is 3. The van der Waals surface area contributed by atoms with Gasteiger partial charge in [0, 0.05) is 42.7 Å². The summed E-state index contributed by atoms with van der Waals surface area (Å²) in [7, 11) is 0. The first-order chi connectivity index (χ1) is 16.1. The van der Waals surface area contributed by atoms with Crippen LogP contribution in [0.15, 0.2) is 70.2 Å². The molecule has 6 heteroatoms. The first-order valence-corrected chi connectivity index (χ1v) is 11.9. The number of likely N-dealkylation sites (tertiary alicyclic amines) is 1. The average Bonchev–Trinajstić information content (AvgIpc) is 3.57. The van der Waals surface area contributed by atoms with E-state index in [-0.39, 0.29) is 0 Å². The number of aromatic amines is 2. The van der Waals surface area contributed by atoms with E-state index in [1.165, 1.54) is 41.3 Å². The Balaban J connectivity index is 1.14. The largest absolute Gasteiger partial charge is 0.416 e. The lowest BCUT2D eigenvalue weighted by Gasteiger charge is -2.19. The van der Waals surface area contributed by atoms with Crippen LogP contribution in [0.1, 0.15) is 41.8 Å². The second-order valence-corrected chi connectivity index (χ2v) is 9.29. The number of oxazole rings is 1. The van der Waals surface area contributed by atoms with Crippen molar-refractivity contribution in [3.63, 3.8) is 0 Å². The summed E-state index contributed by atoms with van der Waals surface area (Å²) in [4.78, 5) is 20.0. The Bertz CT molecular complexity index is 1240. The molecule has 0 bridgehead atoms. The molecule has 3 N–H and O–H groups in total. The molecule has 1 aliphatic heterocycles. The molecule has 2 aromatic carbocycles. The number of H-pyrrole nitrogens is 2. The van der Waals surface area contributed by atoms with Crippen molar-refractivity contribution in [3.05, 3.63) is 93.9 Å². The fourth-order valence-electron chi connectivity index (χ4n) is 4.93. The highest BCUT2D eigenvalue weighted by molar-refractivity contribution is 5.84. The molecule has 0 spiro atoms. The van der Waals surface area contributed by atoms with Gasteiger partial charge in [0.05, 0.1) is 5.69 Å². The van der Waals surface area contributed by atoms with Crippen LogP contribution in [0.2, 0.25) is 0 Å². The minimum atomic E-state index is -0.401. The molecule has 3 heterocycles. The number of nitrogens with one attached hydrogen (secondary N) is 3. The zero-order valence-corrected chi connectivity index (χ0v) is 19.1. The summed E-state index contributed by atoms with van der Waals surface area (Å²) in [5.41, 5.74) is 5.83. The third-order valence-corrected chi connectivity index (χ3v) is 6.88. The zero-order chi connectivity index (χ0) is 22.6. The third-order valence-electron chi connectivity index (χ3n) is 6.88. The molecule has 4 aromatic rings. The number of aromatic nitrogens is 2. The van der Waals surface area contributed by atoms with Crippen LogP contribution in [0.4, 0.5) is 0 Å². The monoisotopic (exact) mass is 444 g/mol. The van der Waals surface area contributed by atoms with Gasteiger partial charge < -0.3 is 19.6 Å². The van der Waals surface area contributed by atoms with Gasteiger partial charge in [-0.25, -0.2) is 4.79 Å². The highest BCUT2D eigenvalue weighted by Crippen LogP contribution is 2.23. The van der Waals surface area contributed by atoms with Crippen molar-refractivity contribution in [1.82, 2.24) is 20.2 Å². The second-order valence-electron chi connectivity index (χ2n) is 9.29. The molecular weight excluding hydrogens is 412 g/mol. The molecule has 0 saturated carbocycles. The smallest absolute Gasteiger partial charge is 0.416 e. The van der Waals surface area contributed by atoms with E-state index < -0.39 is 5.76 Å². The minimum absolute atomic E-state index is 0.389. The Labute approximate surface area is 194 Å². The Morgan fingerprint density at radius 2 is 2.09 bits per heavy atom. The van der Waals surface area contributed by atoms with Crippen molar-refractivity contribution in [3.8, 4) is 0 Å². The van der Waals surface area contributed by atoms with Crippen LogP contribution >= 0.6 is 0 Å². The normalized spacial score (nSPS) is 17.7. The van der Waals surface area contributed by atoms with Gasteiger partial charge in [-0.05, 0) is 67.6 Å². The number of hydrogen-bond acceptors (Lipinski definition) is 4. The van der Waals surface area contributed by atoms with Crippen LogP contribution in [-0.2, 0) is 12.8 Å². The number of nitrogens with zero attached hydrogens (tertiary/aromatic N) is 1. The van der Waals surface area contributed by atoms with E-state index >= 15 is 0 Å². The maximum absolute atomic E-state index is 11.2. The number of fused-ring (bicyclic) bond motifs is 1. The van der Waals surface area contributed by atoms with Gasteiger partial charge >= 0.3 is 5.76 Å². The Hall–Kier alpha value is -3.09. The zero-order valence-electron chi connectivity index (χ0n) is 19.1. The standard InChI is InChI=1S/C27H32N4O2/c1-19(22-5-3-2-4-6-22)28-15-21-9-11-31(17-21)12-10-23-16-29-26-8-7-20(14-25(23)26)13-24-18-33-27(32)30-24/h2-8,14,16,18-19,21,28-29H,9-13,15,17H2,1H3,(H,30,32). The topological polar surface area (TPSA) is 77.1 Å². The maximum atomic E-state index is 11.2. The van der Waals surface area contributed by atoms with Gasteiger partial charge in [0.25, 0.3) is 0 Å². The molecule has 1 aliphatic rings. The van der Waals surface area contributed by atoms with E-state index in [1.807, 2.05) is 0 Å². The number of rotatable bonds is 9. The number of benzene rings is 2.